The molecule has 6 aromatic rings. The Bertz CT molecular complexity index is 1560. The van der Waals surface area contributed by atoms with Crippen LogP contribution >= 0.6 is 11.6 Å². The predicted octanol–water partition coefficient (Wildman–Crippen LogP) is 9.24. The zero-order valence-corrected chi connectivity index (χ0v) is 18.0. The van der Waals surface area contributed by atoms with E-state index in [1.165, 1.54) is 11.1 Å². The van der Waals surface area contributed by atoms with Gasteiger partial charge in [-0.2, -0.15) is 0 Å². The van der Waals surface area contributed by atoms with Gasteiger partial charge >= 0.3 is 0 Å². The van der Waals surface area contributed by atoms with E-state index in [4.69, 9.17) is 16.0 Å². The third-order valence-corrected chi connectivity index (χ3v) is 6.30. The molecule has 0 bridgehead atoms. The lowest BCUT2D eigenvalue weighted by atomic mass is 9.93. The first-order valence-corrected chi connectivity index (χ1v) is 11.0. The Morgan fingerprint density at radius 1 is 0.469 bits per heavy atom. The standard InChI is InChI=1S/C30H19ClO/c31-27-11-6-10-24(22-15-13-21(14-16-22)20-7-2-1-3-8-20)30(27)23-17-18-26-25-9-4-5-12-28(25)32-29(26)19-23/h1-19H. The van der Waals surface area contributed by atoms with E-state index in [1.54, 1.807) is 0 Å². The molecule has 6 rings (SSSR count). The molecule has 0 aliphatic carbocycles. The van der Waals surface area contributed by atoms with Crippen molar-refractivity contribution in [1.29, 1.82) is 0 Å². The van der Waals surface area contributed by atoms with Crippen molar-refractivity contribution in [2.45, 2.75) is 0 Å². The van der Waals surface area contributed by atoms with Crippen molar-refractivity contribution in [2.24, 2.45) is 0 Å². The maximum atomic E-state index is 6.74. The van der Waals surface area contributed by atoms with Crippen LogP contribution in [0.1, 0.15) is 0 Å². The van der Waals surface area contributed by atoms with Gasteiger partial charge in [-0.15, -0.1) is 0 Å². The van der Waals surface area contributed by atoms with Crippen LogP contribution in [0.4, 0.5) is 0 Å². The molecule has 2 heteroatoms. The predicted molar refractivity (Wildman–Crippen MR) is 135 cm³/mol. The molecule has 1 aromatic heterocycles. The Morgan fingerprint density at radius 3 is 1.97 bits per heavy atom. The van der Waals surface area contributed by atoms with E-state index in [2.05, 4.69) is 78.9 Å². The van der Waals surface area contributed by atoms with E-state index in [0.29, 0.717) is 0 Å². The van der Waals surface area contributed by atoms with E-state index in [-0.39, 0.29) is 0 Å². The quantitative estimate of drug-likeness (QED) is 0.272. The van der Waals surface area contributed by atoms with Gasteiger partial charge in [-0.05, 0) is 52.1 Å². The molecule has 0 N–H and O–H groups in total. The highest BCUT2D eigenvalue weighted by Gasteiger charge is 2.14. The molecule has 0 aliphatic rings. The lowest BCUT2D eigenvalue weighted by Crippen LogP contribution is -1.87. The fourth-order valence-electron chi connectivity index (χ4n) is 4.41. The molecule has 0 saturated heterocycles. The van der Waals surface area contributed by atoms with Crippen LogP contribution in [0.2, 0.25) is 5.02 Å². The van der Waals surface area contributed by atoms with Crippen molar-refractivity contribution < 1.29 is 4.42 Å². The maximum absolute atomic E-state index is 6.74. The van der Waals surface area contributed by atoms with Crippen LogP contribution in [0.25, 0.3) is 55.3 Å². The molecule has 152 valence electrons. The Hall–Kier alpha value is -3.81. The molecular weight excluding hydrogens is 412 g/mol. The number of furan rings is 1. The number of rotatable bonds is 3. The van der Waals surface area contributed by atoms with E-state index < -0.39 is 0 Å². The summed E-state index contributed by atoms with van der Waals surface area (Å²) in [5.74, 6) is 0. The van der Waals surface area contributed by atoms with Crippen molar-refractivity contribution in [1.82, 2.24) is 0 Å². The molecule has 0 radical (unpaired) electrons. The minimum Gasteiger partial charge on any atom is -0.456 e. The van der Waals surface area contributed by atoms with Crippen LogP contribution in [0, 0.1) is 0 Å². The highest BCUT2D eigenvalue weighted by atomic mass is 35.5. The number of halogens is 1. The summed E-state index contributed by atoms with van der Waals surface area (Å²) in [7, 11) is 0. The van der Waals surface area contributed by atoms with Crippen LogP contribution in [-0.2, 0) is 0 Å². The van der Waals surface area contributed by atoms with Gasteiger partial charge in [-0.3, -0.25) is 0 Å². The van der Waals surface area contributed by atoms with Crippen molar-refractivity contribution in [3.05, 3.63) is 120 Å². The van der Waals surface area contributed by atoms with Crippen LogP contribution in [0.15, 0.2) is 120 Å². The molecule has 32 heavy (non-hydrogen) atoms. The number of hydrogen-bond acceptors (Lipinski definition) is 1. The van der Waals surface area contributed by atoms with Gasteiger partial charge in [0.05, 0.1) is 0 Å². The van der Waals surface area contributed by atoms with E-state index in [9.17, 15) is 0 Å². The molecule has 5 aromatic carbocycles. The number of hydrogen-bond donors (Lipinski definition) is 0. The average molecular weight is 431 g/mol. The van der Waals surface area contributed by atoms with Crippen LogP contribution in [-0.4, -0.2) is 0 Å². The zero-order chi connectivity index (χ0) is 21.5. The van der Waals surface area contributed by atoms with Gasteiger partial charge in [-0.25, -0.2) is 0 Å². The third-order valence-electron chi connectivity index (χ3n) is 5.98. The van der Waals surface area contributed by atoms with Gasteiger partial charge in [0, 0.05) is 21.4 Å². The summed E-state index contributed by atoms with van der Waals surface area (Å²) >= 11 is 6.74. The highest BCUT2D eigenvalue weighted by molar-refractivity contribution is 6.34. The normalized spacial score (nSPS) is 11.3. The maximum Gasteiger partial charge on any atom is 0.136 e. The van der Waals surface area contributed by atoms with Crippen LogP contribution in [0.3, 0.4) is 0 Å². The summed E-state index contributed by atoms with van der Waals surface area (Å²) in [6.45, 7) is 0. The first-order chi connectivity index (χ1) is 15.8. The van der Waals surface area contributed by atoms with E-state index >= 15 is 0 Å². The molecule has 0 amide bonds. The van der Waals surface area contributed by atoms with E-state index in [0.717, 1.165) is 49.2 Å². The minimum atomic E-state index is 0.727. The Balaban J connectivity index is 1.48. The second kappa shape index (κ2) is 7.71. The molecule has 0 fully saturated rings. The topological polar surface area (TPSA) is 13.1 Å². The van der Waals surface area contributed by atoms with Gasteiger partial charge in [0.15, 0.2) is 0 Å². The summed E-state index contributed by atoms with van der Waals surface area (Å²) in [5.41, 5.74) is 8.47. The molecule has 0 spiro atoms. The monoisotopic (exact) mass is 430 g/mol. The molecule has 1 heterocycles. The molecule has 0 saturated carbocycles. The minimum absolute atomic E-state index is 0.727. The smallest absolute Gasteiger partial charge is 0.136 e. The van der Waals surface area contributed by atoms with Crippen molar-refractivity contribution in [3.8, 4) is 33.4 Å². The number of benzene rings is 5. The van der Waals surface area contributed by atoms with Gasteiger partial charge < -0.3 is 4.42 Å². The third kappa shape index (κ3) is 3.19. The summed E-state index contributed by atoms with van der Waals surface area (Å²) in [6, 6.07) is 39.6. The van der Waals surface area contributed by atoms with Crippen molar-refractivity contribution in [2.75, 3.05) is 0 Å². The Labute approximate surface area is 191 Å². The lowest BCUT2D eigenvalue weighted by Gasteiger charge is -2.13. The summed E-state index contributed by atoms with van der Waals surface area (Å²) in [5, 5.41) is 2.97. The number of fused-ring (bicyclic) bond motifs is 3. The van der Waals surface area contributed by atoms with Gasteiger partial charge in [0.2, 0.25) is 0 Å². The van der Waals surface area contributed by atoms with Gasteiger partial charge in [-0.1, -0.05) is 103 Å². The lowest BCUT2D eigenvalue weighted by molar-refractivity contribution is 0.669. The van der Waals surface area contributed by atoms with Gasteiger partial charge in [0.25, 0.3) is 0 Å². The fourth-order valence-corrected chi connectivity index (χ4v) is 4.70. The molecule has 1 nitrogen and oxygen atoms in total. The van der Waals surface area contributed by atoms with Gasteiger partial charge in [0.1, 0.15) is 11.2 Å². The summed E-state index contributed by atoms with van der Waals surface area (Å²) in [4.78, 5) is 0. The van der Waals surface area contributed by atoms with Crippen LogP contribution < -0.4 is 0 Å². The molecule has 0 atom stereocenters. The summed E-state index contributed by atoms with van der Waals surface area (Å²) in [6.07, 6.45) is 0. The largest absolute Gasteiger partial charge is 0.456 e. The fraction of sp³-hybridized carbons (Fsp3) is 0. The second-order valence-electron chi connectivity index (χ2n) is 7.91. The molecule has 0 aliphatic heterocycles. The first kappa shape index (κ1) is 18.9. The van der Waals surface area contributed by atoms with Crippen molar-refractivity contribution in [3.63, 3.8) is 0 Å². The highest BCUT2D eigenvalue weighted by Crippen LogP contribution is 2.40. The molecule has 0 unspecified atom stereocenters. The Kier molecular flexibility index (Phi) is 4.56. The average Bonchev–Trinajstić information content (AvgIpc) is 3.22. The Morgan fingerprint density at radius 2 is 1.12 bits per heavy atom. The second-order valence-corrected chi connectivity index (χ2v) is 8.32. The van der Waals surface area contributed by atoms with E-state index in [1.807, 2.05) is 36.4 Å². The molecular formula is C30H19ClO. The number of para-hydroxylation sites is 1. The first-order valence-electron chi connectivity index (χ1n) is 10.6. The van der Waals surface area contributed by atoms with Crippen molar-refractivity contribution >= 4 is 33.5 Å². The van der Waals surface area contributed by atoms with Crippen LogP contribution in [0.5, 0.6) is 0 Å². The zero-order valence-electron chi connectivity index (χ0n) is 17.3. The SMILES string of the molecule is Clc1cccc(-c2ccc(-c3ccccc3)cc2)c1-c1ccc2c(c1)oc1ccccc12. The summed E-state index contributed by atoms with van der Waals surface area (Å²) < 4.78 is 6.12.